The van der Waals surface area contributed by atoms with Crippen LogP contribution in [0.5, 0.6) is 0 Å². The number of halogens is 1. The molecule has 0 amide bonds. The van der Waals surface area contributed by atoms with Crippen molar-refractivity contribution in [1.29, 1.82) is 0 Å². The highest BCUT2D eigenvalue weighted by Crippen LogP contribution is 2.21. The molecule has 2 heterocycles. The Bertz CT molecular complexity index is 561. The number of anilines is 2. The fourth-order valence-electron chi connectivity index (χ4n) is 1.34. The van der Waals surface area contributed by atoms with Gasteiger partial charge in [0.05, 0.1) is 5.70 Å². The number of nitrogens with zero attached hydrogens (tertiary/aromatic N) is 2. The maximum absolute atomic E-state index is 5.79. The van der Waals surface area contributed by atoms with Gasteiger partial charge in [0, 0.05) is 23.6 Å². The summed E-state index contributed by atoms with van der Waals surface area (Å²) < 4.78 is 0. The number of nitrogens with two attached hydrogens (primary N) is 1. The van der Waals surface area contributed by atoms with Crippen molar-refractivity contribution >= 4 is 28.8 Å². The predicted octanol–water partition coefficient (Wildman–Crippen LogP) is 2.43. The first kappa shape index (κ1) is 11.5. The summed E-state index contributed by atoms with van der Waals surface area (Å²) in [5.41, 5.74) is 8.58. The zero-order valence-electron chi connectivity index (χ0n) is 9.29. The molecule has 5 nitrogen and oxygen atoms in total. The minimum absolute atomic E-state index is 0.320. The molecule has 0 atom stereocenters. The van der Waals surface area contributed by atoms with Crippen LogP contribution >= 0.6 is 11.6 Å². The largest absolute Gasteiger partial charge is 0.398 e. The first-order chi connectivity index (χ1) is 8.08. The third kappa shape index (κ3) is 2.39. The number of hydrogen-bond acceptors (Lipinski definition) is 4. The molecule has 0 fully saturated rings. The van der Waals surface area contributed by atoms with E-state index in [1.807, 2.05) is 6.92 Å². The minimum atomic E-state index is 0.320. The van der Waals surface area contributed by atoms with Crippen molar-refractivity contribution in [3.8, 4) is 0 Å². The molecule has 0 aliphatic carbocycles. The van der Waals surface area contributed by atoms with Crippen molar-refractivity contribution < 1.29 is 0 Å². The lowest BCUT2D eigenvalue weighted by Gasteiger charge is -2.10. The summed E-state index contributed by atoms with van der Waals surface area (Å²) in [6.07, 6.45) is 3.30. The van der Waals surface area contributed by atoms with Crippen LogP contribution in [0.1, 0.15) is 11.3 Å². The maximum atomic E-state index is 5.79. The SMILES string of the molecule is C=C(Nc1nccc(N)c1C)c1c[nH]c(Cl)n1. The van der Waals surface area contributed by atoms with Crippen LogP contribution in [0.25, 0.3) is 5.70 Å². The zero-order valence-corrected chi connectivity index (χ0v) is 10.0. The molecule has 0 aliphatic rings. The van der Waals surface area contributed by atoms with Gasteiger partial charge in [0.15, 0.2) is 0 Å². The van der Waals surface area contributed by atoms with Gasteiger partial charge in [-0.15, -0.1) is 0 Å². The van der Waals surface area contributed by atoms with Gasteiger partial charge in [0.1, 0.15) is 11.5 Å². The summed E-state index contributed by atoms with van der Waals surface area (Å²) in [7, 11) is 0. The third-order valence-electron chi connectivity index (χ3n) is 2.37. The Labute approximate surface area is 104 Å². The van der Waals surface area contributed by atoms with Crippen molar-refractivity contribution in [2.45, 2.75) is 6.92 Å². The van der Waals surface area contributed by atoms with Gasteiger partial charge in [-0.25, -0.2) is 9.97 Å². The highest BCUT2D eigenvalue weighted by Gasteiger charge is 2.07. The monoisotopic (exact) mass is 249 g/mol. The summed E-state index contributed by atoms with van der Waals surface area (Å²) in [6.45, 7) is 5.76. The summed E-state index contributed by atoms with van der Waals surface area (Å²) in [6, 6.07) is 1.74. The van der Waals surface area contributed by atoms with E-state index in [0.29, 0.717) is 28.2 Å². The van der Waals surface area contributed by atoms with Crippen LogP contribution < -0.4 is 11.1 Å². The number of hydrogen-bond donors (Lipinski definition) is 3. The molecule has 2 rings (SSSR count). The quantitative estimate of drug-likeness (QED) is 0.781. The lowest BCUT2D eigenvalue weighted by atomic mass is 10.2. The van der Waals surface area contributed by atoms with Crippen LogP contribution in [-0.4, -0.2) is 15.0 Å². The number of nitrogens with one attached hydrogen (secondary N) is 2. The smallest absolute Gasteiger partial charge is 0.200 e. The van der Waals surface area contributed by atoms with E-state index in [1.165, 1.54) is 0 Å². The molecule has 2 aromatic rings. The van der Waals surface area contributed by atoms with Gasteiger partial charge in [0.2, 0.25) is 5.28 Å². The maximum Gasteiger partial charge on any atom is 0.200 e. The molecule has 6 heteroatoms. The number of imidazole rings is 1. The summed E-state index contributed by atoms with van der Waals surface area (Å²) in [5, 5.41) is 3.37. The number of nitrogen functional groups attached to an aromatic ring is 1. The molecule has 0 spiro atoms. The fraction of sp³-hybridized carbons (Fsp3) is 0.0909. The number of aromatic nitrogens is 3. The van der Waals surface area contributed by atoms with Gasteiger partial charge in [-0.1, -0.05) is 6.58 Å². The van der Waals surface area contributed by atoms with Crippen molar-refractivity contribution in [2.24, 2.45) is 0 Å². The average molecular weight is 250 g/mol. The van der Waals surface area contributed by atoms with Crippen molar-refractivity contribution in [1.82, 2.24) is 15.0 Å². The summed E-state index contributed by atoms with van der Waals surface area (Å²) >= 11 is 5.69. The van der Waals surface area contributed by atoms with E-state index in [2.05, 4.69) is 26.8 Å². The van der Waals surface area contributed by atoms with Gasteiger partial charge >= 0.3 is 0 Å². The number of aromatic amines is 1. The highest BCUT2D eigenvalue weighted by atomic mass is 35.5. The predicted molar refractivity (Wildman–Crippen MR) is 69.6 cm³/mol. The van der Waals surface area contributed by atoms with Gasteiger partial charge in [-0.3, -0.25) is 0 Å². The first-order valence-corrected chi connectivity index (χ1v) is 5.34. The number of rotatable bonds is 3. The Kier molecular flexibility index (Phi) is 3.01. The molecular formula is C11H12ClN5. The summed E-state index contributed by atoms with van der Waals surface area (Å²) in [4.78, 5) is 11.0. The molecule has 0 aliphatic heterocycles. The van der Waals surface area contributed by atoms with E-state index in [-0.39, 0.29) is 0 Å². The first-order valence-electron chi connectivity index (χ1n) is 4.96. The molecule has 0 radical (unpaired) electrons. The van der Waals surface area contributed by atoms with E-state index >= 15 is 0 Å². The minimum Gasteiger partial charge on any atom is -0.398 e. The molecule has 0 bridgehead atoms. The Morgan fingerprint density at radius 1 is 1.59 bits per heavy atom. The Morgan fingerprint density at radius 2 is 2.35 bits per heavy atom. The van der Waals surface area contributed by atoms with Gasteiger partial charge < -0.3 is 16.0 Å². The van der Waals surface area contributed by atoms with E-state index in [4.69, 9.17) is 17.3 Å². The number of H-pyrrole nitrogens is 1. The highest BCUT2D eigenvalue weighted by molar-refractivity contribution is 6.28. The average Bonchev–Trinajstić information content (AvgIpc) is 2.72. The second kappa shape index (κ2) is 4.47. The second-order valence-electron chi connectivity index (χ2n) is 3.55. The van der Waals surface area contributed by atoms with Crippen LogP contribution in [0.3, 0.4) is 0 Å². The summed E-state index contributed by atoms with van der Waals surface area (Å²) in [5.74, 6) is 0.661. The zero-order chi connectivity index (χ0) is 12.4. The van der Waals surface area contributed by atoms with E-state index in [0.717, 1.165) is 5.56 Å². The van der Waals surface area contributed by atoms with Crippen molar-refractivity contribution in [2.75, 3.05) is 11.1 Å². The lowest BCUT2D eigenvalue weighted by Crippen LogP contribution is -2.03. The van der Waals surface area contributed by atoms with Gasteiger partial charge in [-0.05, 0) is 24.6 Å². The van der Waals surface area contributed by atoms with Gasteiger partial charge in [-0.2, -0.15) is 0 Å². The molecular weight excluding hydrogens is 238 g/mol. The molecule has 17 heavy (non-hydrogen) atoms. The molecule has 0 aromatic carbocycles. The van der Waals surface area contributed by atoms with Gasteiger partial charge in [0.25, 0.3) is 0 Å². The standard InChI is InChI=1S/C11H12ClN5/c1-6-8(13)3-4-14-10(6)16-7(2)9-5-15-11(12)17-9/h3-5H,2H2,1H3,(H,15,17)(H3,13,14,16). The molecule has 88 valence electrons. The Morgan fingerprint density at radius 3 is 3.00 bits per heavy atom. The van der Waals surface area contributed by atoms with Crippen LogP contribution in [0.15, 0.2) is 25.0 Å². The third-order valence-corrected chi connectivity index (χ3v) is 2.56. The number of pyridine rings is 1. The van der Waals surface area contributed by atoms with Crippen molar-refractivity contribution in [3.05, 3.63) is 41.6 Å². The van der Waals surface area contributed by atoms with Crippen LogP contribution in [0, 0.1) is 6.92 Å². The molecule has 0 unspecified atom stereocenters. The molecule has 4 N–H and O–H groups in total. The topological polar surface area (TPSA) is 79.6 Å². The molecule has 0 saturated heterocycles. The van der Waals surface area contributed by atoms with Crippen LogP contribution in [0.4, 0.5) is 11.5 Å². The molecule has 0 saturated carbocycles. The Balaban J connectivity index is 2.21. The van der Waals surface area contributed by atoms with E-state index < -0.39 is 0 Å². The fourth-order valence-corrected chi connectivity index (χ4v) is 1.48. The van der Waals surface area contributed by atoms with E-state index in [1.54, 1.807) is 18.5 Å². The lowest BCUT2D eigenvalue weighted by molar-refractivity contribution is 1.25. The second-order valence-corrected chi connectivity index (χ2v) is 3.91. The molecule has 2 aromatic heterocycles. The van der Waals surface area contributed by atoms with Crippen LogP contribution in [-0.2, 0) is 0 Å². The van der Waals surface area contributed by atoms with E-state index in [9.17, 15) is 0 Å². The van der Waals surface area contributed by atoms with Crippen molar-refractivity contribution in [3.63, 3.8) is 0 Å². The van der Waals surface area contributed by atoms with Crippen LogP contribution in [0.2, 0.25) is 5.28 Å². The Hall–Kier alpha value is -2.01. The normalized spacial score (nSPS) is 10.2.